The van der Waals surface area contributed by atoms with E-state index in [4.69, 9.17) is 40.6 Å². The third-order valence-corrected chi connectivity index (χ3v) is 2.54. The molecule has 0 fully saturated rings. The van der Waals surface area contributed by atoms with Gasteiger partial charge in [-0.1, -0.05) is 23.2 Å². The number of benzene rings is 1. The molecule has 1 rings (SSSR count). The summed E-state index contributed by atoms with van der Waals surface area (Å²) in [6.07, 6.45) is 0. The van der Waals surface area contributed by atoms with E-state index in [1.165, 1.54) is 18.2 Å². The Morgan fingerprint density at radius 3 is 2.00 bits per heavy atom. The summed E-state index contributed by atoms with van der Waals surface area (Å²) >= 11 is 16.4. The van der Waals surface area contributed by atoms with E-state index < -0.39 is 5.24 Å². The highest BCUT2D eigenvalue weighted by molar-refractivity contribution is 6.67. The van der Waals surface area contributed by atoms with Gasteiger partial charge in [-0.2, -0.15) is 0 Å². The van der Waals surface area contributed by atoms with Crippen LogP contribution in [0.15, 0.2) is 18.2 Å². The van der Waals surface area contributed by atoms with Crippen LogP contribution in [-0.2, 0) is 0 Å². The molecule has 17 heavy (non-hydrogen) atoms. The minimum absolute atomic E-state index is 0.0694. The molecule has 0 spiro atoms. The normalized spacial score (nSPS) is 10.5. The van der Waals surface area contributed by atoms with Crippen LogP contribution in [-0.4, -0.2) is 10.8 Å². The quantitative estimate of drug-likeness (QED) is 0.473. The standard InChI is InChI=1S/C7H3Cl3O.C4H12N2/c8-5-2-1-4(7(10)11)3-6(5)9;1-4(2,3)6-5/h1-3H;6H,5H2,1-3H3. The molecule has 0 heterocycles. The lowest BCUT2D eigenvalue weighted by Gasteiger charge is -2.14. The molecule has 1 aromatic rings. The fourth-order valence-corrected chi connectivity index (χ4v) is 1.03. The first-order chi connectivity index (χ1) is 7.67. The van der Waals surface area contributed by atoms with Crippen molar-refractivity contribution in [1.29, 1.82) is 0 Å². The number of halogens is 3. The van der Waals surface area contributed by atoms with Crippen molar-refractivity contribution in [3.63, 3.8) is 0 Å². The fourth-order valence-electron chi connectivity index (χ4n) is 0.618. The summed E-state index contributed by atoms with van der Waals surface area (Å²) in [6.45, 7) is 6.02. The predicted molar refractivity (Wildman–Crippen MR) is 73.7 cm³/mol. The molecule has 0 radical (unpaired) electrons. The van der Waals surface area contributed by atoms with Gasteiger partial charge in [-0.25, -0.2) is 0 Å². The Hall–Kier alpha value is -0.320. The van der Waals surface area contributed by atoms with E-state index in [-0.39, 0.29) is 5.54 Å². The van der Waals surface area contributed by atoms with Crippen LogP contribution in [0.25, 0.3) is 0 Å². The van der Waals surface area contributed by atoms with Gasteiger partial charge in [-0.3, -0.25) is 16.1 Å². The lowest BCUT2D eigenvalue weighted by molar-refractivity contribution is 0.108. The zero-order chi connectivity index (χ0) is 13.6. The molecule has 1 aromatic carbocycles. The van der Waals surface area contributed by atoms with E-state index in [1.54, 1.807) is 0 Å². The van der Waals surface area contributed by atoms with Crippen LogP contribution >= 0.6 is 34.8 Å². The number of nitrogens with one attached hydrogen (secondary N) is 1. The van der Waals surface area contributed by atoms with Crippen molar-refractivity contribution in [2.75, 3.05) is 0 Å². The van der Waals surface area contributed by atoms with Crippen molar-refractivity contribution in [3.8, 4) is 0 Å². The van der Waals surface area contributed by atoms with Gasteiger partial charge in [0.1, 0.15) is 0 Å². The average molecular weight is 298 g/mol. The summed E-state index contributed by atoms with van der Waals surface area (Å²) in [4.78, 5) is 10.6. The second-order valence-corrected chi connectivity index (χ2v) is 5.45. The van der Waals surface area contributed by atoms with Crippen molar-refractivity contribution in [2.24, 2.45) is 5.84 Å². The molecule has 0 atom stereocenters. The third kappa shape index (κ3) is 7.58. The summed E-state index contributed by atoms with van der Waals surface area (Å²) in [5.41, 5.74) is 3.02. The number of carbonyl (C=O) groups excluding carboxylic acids is 1. The fraction of sp³-hybridized carbons (Fsp3) is 0.364. The van der Waals surface area contributed by atoms with Crippen LogP contribution < -0.4 is 11.3 Å². The maximum Gasteiger partial charge on any atom is 0.252 e. The van der Waals surface area contributed by atoms with Gasteiger partial charge in [-0.15, -0.1) is 0 Å². The van der Waals surface area contributed by atoms with Crippen LogP contribution in [0.3, 0.4) is 0 Å². The van der Waals surface area contributed by atoms with Gasteiger partial charge in [0, 0.05) is 11.1 Å². The van der Waals surface area contributed by atoms with Crippen LogP contribution in [0.4, 0.5) is 0 Å². The average Bonchev–Trinajstić information content (AvgIpc) is 2.21. The Morgan fingerprint density at radius 2 is 1.71 bits per heavy atom. The molecule has 0 aliphatic heterocycles. The van der Waals surface area contributed by atoms with E-state index in [0.29, 0.717) is 15.6 Å². The van der Waals surface area contributed by atoms with Crippen LogP contribution in [0.1, 0.15) is 31.1 Å². The molecule has 0 aromatic heterocycles. The van der Waals surface area contributed by atoms with E-state index >= 15 is 0 Å². The van der Waals surface area contributed by atoms with Crippen molar-refractivity contribution in [2.45, 2.75) is 26.3 Å². The number of rotatable bonds is 1. The Labute approximate surface area is 116 Å². The highest BCUT2D eigenvalue weighted by atomic mass is 35.5. The number of hydrazine groups is 1. The van der Waals surface area contributed by atoms with E-state index in [9.17, 15) is 4.79 Å². The monoisotopic (exact) mass is 296 g/mol. The molecule has 0 amide bonds. The van der Waals surface area contributed by atoms with E-state index in [0.717, 1.165) is 0 Å². The second kappa shape index (κ2) is 7.19. The molecule has 0 saturated heterocycles. The van der Waals surface area contributed by atoms with Crippen molar-refractivity contribution in [1.82, 2.24) is 5.43 Å². The van der Waals surface area contributed by atoms with Crippen LogP contribution in [0.5, 0.6) is 0 Å². The maximum absolute atomic E-state index is 10.6. The van der Waals surface area contributed by atoms with Gasteiger partial charge in [0.2, 0.25) is 0 Å². The SMILES string of the molecule is CC(C)(C)NN.O=C(Cl)c1ccc(Cl)c(Cl)c1. The van der Waals surface area contributed by atoms with Crippen LogP contribution in [0, 0.1) is 0 Å². The van der Waals surface area contributed by atoms with Crippen molar-refractivity contribution < 1.29 is 4.79 Å². The first-order valence-corrected chi connectivity index (χ1v) is 5.93. The summed E-state index contributed by atoms with van der Waals surface area (Å²) < 4.78 is 0. The molecular formula is C11H15Cl3N2O. The molecule has 0 aliphatic carbocycles. The van der Waals surface area contributed by atoms with Gasteiger partial charge in [0.05, 0.1) is 10.0 Å². The Balaban J connectivity index is 0.000000366. The number of nitrogens with two attached hydrogens (primary N) is 1. The first-order valence-electron chi connectivity index (χ1n) is 4.80. The zero-order valence-corrected chi connectivity index (χ0v) is 12.1. The van der Waals surface area contributed by atoms with Crippen molar-refractivity contribution in [3.05, 3.63) is 33.8 Å². The summed E-state index contributed by atoms with van der Waals surface area (Å²) in [7, 11) is 0. The molecule has 0 saturated carbocycles. The zero-order valence-electron chi connectivity index (χ0n) is 9.85. The molecule has 0 aliphatic rings. The van der Waals surface area contributed by atoms with Gasteiger partial charge in [-0.05, 0) is 50.6 Å². The van der Waals surface area contributed by atoms with Gasteiger partial charge in [0.25, 0.3) is 5.24 Å². The third-order valence-electron chi connectivity index (χ3n) is 1.58. The molecular weight excluding hydrogens is 282 g/mol. The number of hydrogen-bond donors (Lipinski definition) is 2. The smallest absolute Gasteiger partial charge is 0.252 e. The Morgan fingerprint density at radius 1 is 1.24 bits per heavy atom. The number of carbonyl (C=O) groups is 1. The highest BCUT2D eigenvalue weighted by Crippen LogP contribution is 2.23. The lowest BCUT2D eigenvalue weighted by atomic mass is 10.1. The van der Waals surface area contributed by atoms with Gasteiger partial charge >= 0.3 is 0 Å². The van der Waals surface area contributed by atoms with Crippen molar-refractivity contribution >= 4 is 40.0 Å². The molecule has 96 valence electrons. The van der Waals surface area contributed by atoms with E-state index in [2.05, 4.69) is 5.43 Å². The summed E-state index contributed by atoms with van der Waals surface area (Å²) in [5, 5.41) is 0.204. The Bertz CT molecular complexity index is 389. The minimum Gasteiger partial charge on any atom is -0.276 e. The molecule has 3 N–H and O–H groups in total. The highest BCUT2D eigenvalue weighted by Gasteiger charge is 2.04. The van der Waals surface area contributed by atoms with E-state index in [1.807, 2.05) is 20.8 Å². The largest absolute Gasteiger partial charge is 0.276 e. The van der Waals surface area contributed by atoms with Gasteiger partial charge < -0.3 is 0 Å². The Kier molecular flexibility index (Phi) is 7.05. The molecule has 0 bridgehead atoms. The molecule has 3 nitrogen and oxygen atoms in total. The molecule has 6 heteroatoms. The number of hydrogen-bond acceptors (Lipinski definition) is 3. The topological polar surface area (TPSA) is 55.1 Å². The van der Waals surface area contributed by atoms with Gasteiger partial charge in [0.15, 0.2) is 0 Å². The molecule has 0 unspecified atom stereocenters. The maximum atomic E-state index is 10.6. The summed E-state index contributed by atoms with van der Waals surface area (Å²) in [6, 6.07) is 4.47. The predicted octanol–water partition coefficient (Wildman–Crippen LogP) is 3.62. The second-order valence-electron chi connectivity index (χ2n) is 4.30. The lowest BCUT2D eigenvalue weighted by Crippen LogP contribution is -2.41. The minimum atomic E-state index is -0.538. The summed E-state index contributed by atoms with van der Waals surface area (Å²) in [5.74, 6) is 5.06. The van der Waals surface area contributed by atoms with Crippen LogP contribution in [0.2, 0.25) is 10.0 Å². The first kappa shape index (κ1) is 16.7.